The predicted octanol–water partition coefficient (Wildman–Crippen LogP) is 5.66. The molecule has 0 aliphatic carbocycles. The second kappa shape index (κ2) is 12.4. The van der Waals surface area contributed by atoms with Gasteiger partial charge in [0.25, 0.3) is 0 Å². The average Bonchev–Trinajstić information content (AvgIpc) is 2.81. The van der Waals surface area contributed by atoms with Crippen LogP contribution in [0.5, 0.6) is 0 Å². The van der Waals surface area contributed by atoms with Gasteiger partial charge in [0, 0.05) is 17.5 Å². The second-order valence-electron chi connectivity index (χ2n) is 7.15. The Hall–Kier alpha value is -4.34. The third-order valence-electron chi connectivity index (χ3n) is 4.67. The Labute approximate surface area is 206 Å². The van der Waals surface area contributed by atoms with E-state index in [4.69, 9.17) is 4.74 Å². The molecule has 0 aliphatic heterocycles. The number of pyridine rings is 2. The molecule has 0 amide bonds. The van der Waals surface area contributed by atoms with E-state index in [1.165, 1.54) is 22.8 Å². The lowest BCUT2D eigenvalue weighted by molar-refractivity contribution is -0.141. The van der Waals surface area contributed by atoms with Crippen LogP contribution >= 0.6 is 0 Å². The fourth-order valence-electron chi connectivity index (χ4n) is 3.29. The van der Waals surface area contributed by atoms with Crippen molar-refractivity contribution in [3.63, 3.8) is 0 Å². The lowest BCUT2D eigenvalue weighted by Crippen LogP contribution is -2.22. The predicted molar refractivity (Wildman–Crippen MR) is 138 cm³/mol. The van der Waals surface area contributed by atoms with Crippen LogP contribution in [0.2, 0.25) is 0 Å². The fourth-order valence-corrected chi connectivity index (χ4v) is 3.29. The van der Waals surface area contributed by atoms with E-state index in [0.717, 1.165) is 6.07 Å². The molecular weight excluding hydrogens is 473 g/mol. The standard InChI is InChI=1S/C26H27F3N4O3/c1-6-11-17(9-4)31-22-15-20(34)24-19(26(27,28)29)14-21(30-16-23(35)36-10-5)32-25(24)33(22)18(12-7-2)13-8-3/h6-9,11-15,31H,1-2,4,10,16H2,3,5H3,(H,30,32)/b13-8-,17-11+,18-12+. The third kappa shape index (κ3) is 6.62. The molecule has 2 aromatic rings. The van der Waals surface area contributed by atoms with Crippen LogP contribution in [0.15, 0.2) is 84.9 Å². The monoisotopic (exact) mass is 500 g/mol. The highest BCUT2D eigenvalue weighted by Gasteiger charge is 2.35. The molecule has 2 rings (SSSR count). The first kappa shape index (κ1) is 27.9. The Balaban J connectivity index is 3.02. The Bertz CT molecular complexity index is 1320. The molecule has 0 saturated heterocycles. The molecule has 0 spiro atoms. The first-order chi connectivity index (χ1) is 17.1. The number of alkyl halides is 3. The molecule has 0 atom stereocenters. The first-order valence-corrected chi connectivity index (χ1v) is 10.9. The number of esters is 1. The van der Waals surface area contributed by atoms with Crippen LogP contribution in [0.3, 0.4) is 0 Å². The number of ether oxygens (including phenoxy) is 1. The molecule has 190 valence electrons. The molecule has 0 radical (unpaired) electrons. The van der Waals surface area contributed by atoms with Gasteiger partial charge in [-0.1, -0.05) is 38.0 Å². The zero-order chi connectivity index (χ0) is 26.9. The van der Waals surface area contributed by atoms with E-state index in [-0.39, 0.29) is 23.9 Å². The van der Waals surface area contributed by atoms with Crippen LogP contribution in [-0.2, 0) is 15.7 Å². The summed E-state index contributed by atoms with van der Waals surface area (Å²) in [5.41, 5.74) is -1.60. The molecule has 2 N–H and O–H groups in total. The summed E-state index contributed by atoms with van der Waals surface area (Å²) in [4.78, 5) is 29.1. The van der Waals surface area contributed by atoms with Gasteiger partial charge >= 0.3 is 12.1 Å². The minimum Gasteiger partial charge on any atom is -0.465 e. The van der Waals surface area contributed by atoms with Crippen molar-refractivity contribution in [3.05, 3.63) is 95.9 Å². The number of carbonyl (C=O) groups excluding carboxylic acids is 1. The maximum absolute atomic E-state index is 14.1. The van der Waals surface area contributed by atoms with E-state index in [0.29, 0.717) is 17.5 Å². The van der Waals surface area contributed by atoms with Crippen molar-refractivity contribution in [1.29, 1.82) is 0 Å². The van der Waals surface area contributed by atoms with E-state index in [9.17, 15) is 22.8 Å². The van der Waals surface area contributed by atoms with Gasteiger partial charge in [0.1, 0.15) is 18.2 Å². The largest absolute Gasteiger partial charge is 0.465 e. The highest BCUT2D eigenvalue weighted by atomic mass is 19.4. The number of nitrogens with one attached hydrogen (secondary N) is 2. The lowest BCUT2D eigenvalue weighted by Gasteiger charge is -2.21. The highest BCUT2D eigenvalue weighted by molar-refractivity contribution is 5.88. The Morgan fingerprint density at radius 3 is 2.44 bits per heavy atom. The van der Waals surface area contributed by atoms with Gasteiger partial charge in [0.15, 0.2) is 11.1 Å². The van der Waals surface area contributed by atoms with Crippen molar-refractivity contribution in [1.82, 2.24) is 9.55 Å². The minimum atomic E-state index is -4.88. The number of rotatable bonds is 11. The normalized spacial score (nSPS) is 12.5. The summed E-state index contributed by atoms with van der Waals surface area (Å²) in [5, 5.41) is 4.90. The first-order valence-electron chi connectivity index (χ1n) is 10.9. The zero-order valence-electron chi connectivity index (χ0n) is 20.0. The summed E-state index contributed by atoms with van der Waals surface area (Å²) in [7, 11) is 0. The molecule has 0 aliphatic rings. The van der Waals surface area contributed by atoms with Crippen LogP contribution in [0, 0.1) is 0 Å². The van der Waals surface area contributed by atoms with Crippen LogP contribution in [0.4, 0.5) is 24.8 Å². The summed E-state index contributed by atoms with van der Waals surface area (Å²) < 4.78 is 48.5. The number of anilines is 2. The number of hydrogen-bond donors (Lipinski definition) is 2. The molecular formula is C26H27F3N4O3. The number of halogens is 3. The number of fused-ring (bicyclic) bond motifs is 1. The molecule has 0 unspecified atom stereocenters. The van der Waals surface area contributed by atoms with E-state index in [1.807, 2.05) is 0 Å². The summed E-state index contributed by atoms with van der Waals surface area (Å²) in [6.07, 6.45) is 5.92. The molecule has 0 fully saturated rings. The summed E-state index contributed by atoms with van der Waals surface area (Å²) in [6, 6.07) is 1.74. The van der Waals surface area contributed by atoms with Crippen molar-refractivity contribution in [2.75, 3.05) is 23.8 Å². The van der Waals surface area contributed by atoms with Crippen LogP contribution in [-0.4, -0.2) is 28.7 Å². The highest BCUT2D eigenvalue weighted by Crippen LogP contribution is 2.36. The minimum absolute atomic E-state index is 0.108. The summed E-state index contributed by atoms with van der Waals surface area (Å²) in [6.45, 7) is 14.0. The number of hydrogen-bond acceptors (Lipinski definition) is 6. The quantitative estimate of drug-likeness (QED) is 0.306. The SMILES string of the molecule is C=C/C=C(\C=C)Nc1cc(=O)c2c(C(F)(F)F)cc(NCC(=O)OCC)nc2n1C(/C=C\C)=C/C=C. The lowest BCUT2D eigenvalue weighted by atomic mass is 10.1. The smallest absolute Gasteiger partial charge is 0.417 e. The van der Waals surface area contributed by atoms with Crippen molar-refractivity contribution in [2.24, 2.45) is 0 Å². The van der Waals surface area contributed by atoms with Gasteiger partial charge in [-0.05, 0) is 44.2 Å². The number of aromatic nitrogens is 2. The van der Waals surface area contributed by atoms with Crippen molar-refractivity contribution < 1.29 is 22.7 Å². The van der Waals surface area contributed by atoms with Crippen LogP contribution in [0.1, 0.15) is 19.4 Å². The molecule has 10 heteroatoms. The van der Waals surface area contributed by atoms with Gasteiger partial charge in [-0.25, -0.2) is 4.98 Å². The number of carbonyl (C=O) groups is 1. The molecule has 0 saturated carbocycles. The van der Waals surface area contributed by atoms with Crippen LogP contribution in [0.25, 0.3) is 16.7 Å². The molecule has 2 heterocycles. The van der Waals surface area contributed by atoms with E-state index in [2.05, 4.69) is 35.4 Å². The number of nitrogens with zero attached hydrogens (tertiary/aromatic N) is 2. The Morgan fingerprint density at radius 2 is 1.89 bits per heavy atom. The Kier molecular flexibility index (Phi) is 9.60. The Morgan fingerprint density at radius 1 is 1.19 bits per heavy atom. The van der Waals surface area contributed by atoms with Gasteiger partial charge in [-0.15, -0.1) is 0 Å². The molecule has 0 bridgehead atoms. The summed E-state index contributed by atoms with van der Waals surface area (Å²) in [5.74, 6) is -0.820. The number of allylic oxidation sites excluding steroid dienone is 8. The van der Waals surface area contributed by atoms with Gasteiger partial charge in [0.2, 0.25) is 0 Å². The van der Waals surface area contributed by atoms with Gasteiger partial charge in [0.05, 0.1) is 17.6 Å². The van der Waals surface area contributed by atoms with Crippen molar-refractivity contribution in [3.8, 4) is 0 Å². The van der Waals surface area contributed by atoms with E-state index < -0.39 is 35.1 Å². The maximum atomic E-state index is 14.1. The van der Waals surface area contributed by atoms with Gasteiger partial charge < -0.3 is 15.4 Å². The second-order valence-corrected chi connectivity index (χ2v) is 7.15. The molecule has 0 aromatic carbocycles. The third-order valence-corrected chi connectivity index (χ3v) is 4.67. The van der Waals surface area contributed by atoms with E-state index in [1.54, 1.807) is 38.2 Å². The van der Waals surface area contributed by atoms with Crippen LogP contribution < -0.4 is 16.1 Å². The average molecular weight is 501 g/mol. The van der Waals surface area contributed by atoms with Crippen molar-refractivity contribution in [2.45, 2.75) is 20.0 Å². The topological polar surface area (TPSA) is 85.2 Å². The zero-order valence-corrected chi connectivity index (χ0v) is 20.0. The maximum Gasteiger partial charge on any atom is 0.417 e. The van der Waals surface area contributed by atoms with Gasteiger partial charge in [-0.3, -0.25) is 14.2 Å². The summed E-state index contributed by atoms with van der Waals surface area (Å²) >= 11 is 0. The molecule has 2 aromatic heterocycles. The van der Waals surface area contributed by atoms with Crippen molar-refractivity contribution >= 4 is 34.3 Å². The van der Waals surface area contributed by atoms with E-state index >= 15 is 0 Å². The molecule has 7 nitrogen and oxygen atoms in total. The fraction of sp³-hybridized carbons (Fsp3) is 0.192. The molecule has 36 heavy (non-hydrogen) atoms. The van der Waals surface area contributed by atoms with Gasteiger partial charge in [-0.2, -0.15) is 13.2 Å².